The second kappa shape index (κ2) is 8.31. The highest BCUT2D eigenvalue weighted by atomic mass is 16.5. The highest BCUT2D eigenvalue weighted by molar-refractivity contribution is 6.06. The Labute approximate surface area is 169 Å². The first-order chi connectivity index (χ1) is 14.0. The van der Waals surface area contributed by atoms with Crippen molar-refractivity contribution in [2.24, 2.45) is 0 Å². The van der Waals surface area contributed by atoms with Gasteiger partial charge in [-0.1, -0.05) is 37.2 Å². The fourth-order valence-corrected chi connectivity index (χ4v) is 3.68. The highest BCUT2D eigenvalue weighted by Crippen LogP contribution is 2.25. The number of piperidine rings is 1. The summed E-state index contributed by atoms with van der Waals surface area (Å²) in [5.74, 6) is -0.0306. The number of likely N-dealkylation sites (tertiary alicyclic amines) is 1. The number of carbonyl (C=O) groups is 1. The lowest BCUT2D eigenvalue weighted by molar-refractivity contribution is 0.0793. The van der Waals surface area contributed by atoms with Crippen LogP contribution in [0.25, 0.3) is 11.1 Å². The van der Waals surface area contributed by atoms with Gasteiger partial charge in [0.1, 0.15) is 0 Å². The first-order valence-corrected chi connectivity index (χ1v) is 10.1. The number of carbonyl (C=O) groups excluding carboxylic acids is 1. The van der Waals surface area contributed by atoms with E-state index in [0.29, 0.717) is 11.3 Å². The van der Waals surface area contributed by atoms with Crippen molar-refractivity contribution in [2.75, 3.05) is 18.4 Å². The molecule has 0 spiro atoms. The van der Waals surface area contributed by atoms with Crippen LogP contribution in [0.1, 0.15) is 54.2 Å². The maximum absolute atomic E-state index is 12.9. The van der Waals surface area contributed by atoms with E-state index in [9.17, 15) is 9.90 Å². The molecule has 0 unspecified atom stereocenters. The summed E-state index contributed by atoms with van der Waals surface area (Å²) in [6, 6.07) is 9.62. The first-order valence-electron chi connectivity index (χ1n) is 10.1. The molecule has 1 saturated heterocycles. The third kappa shape index (κ3) is 4.31. The number of aliphatic hydroxyl groups excluding tert-OH is 1. The van der Waals surface area contributed by atoms with Gasteiger partial charge in [0, 0.05) is 31.5 Å². The van der Waals surface area contributed by atoms with Gasteiger partial charge in [-0.25, -0.2) is 4.98 Å². The number of pyridine rings is 1. The molecule has 7 nitrogen and oxygen atoms in total. The molecule has 0 aliphatic carbocycles. The zero-order valence-electron chi connectivity index (χ0n) is 16.8. The minimum absolute atomic E-state index is 0.181. The van der Waals surface area contributed by atoms with Gasteiger partial charge in [-0.3, -0.25) is 9.69 Å². The molecule has 3 heterocycles. The Morgan fingerprint density at radius 2 is 2.07 bits per heavy atom. The summed E-state index contributed by atoms with van der Waals surface area (Å²) in [7, 11) is 0. The fourth-order valence-electron chi connectivity index (χ4n) is 3.68. The molecule has 29 heavy (non-hydrogen) atoms. The lowest BCUT2D eigenvalue weighted by Crippen LogP contribution is -2.35. The number of amides is 1. The maximum atomic E-state index is 12.9. The van der Waals surface area contributed by atoms with E-state index in [0.717, 1.165) is 54.8 Å². The van der Waals surface area contributed by atoms with Crippen molar-refractivity contribution in [2.45, 2.75) is 45.3 Å². The smallest absolute Gasteiger partial charge is 0.257 e. The van der Waals surface area contributed by atoms with Crippen LogP contribution in [0.3, 0.4) is 0 Å². The molecule has 1 aliphatic heterocycles. The van der Waals surface area contributed by atoms with Crippen molar-refractivity contribution in [1.82, 2.24) is 15.0 Å². The van der Waals surface area contributed by atoms with E-state index in [2.05, 4.69) is 20.4 Å². The number of hydrogen-bond donors (Lipinski definition) is 2. The molecule has 1 amide bonds. The SMILES string of the molecule is CC(C)c1noc2ncc(C(=O)Nc3ccccc3CN3CCC(O)CC3)cc12. The highest BCUT2D eigenvalue weighted by Gasteiger charge is 2.19. The van der Waals surface area contributed by atoms with Gasteiger partial charge < -0.3 is 14.9 Å². The minimum Gasteiger partial charge on any atom is -0.393 e. The van der Waals surface area contributed by atoms with E-state index in [4.69, 9.17) is 4.52 Å². The molecule has 3 aromatic rings. The fraction of sp³-hybridized carbons (Fsp3) is 0.409. The molecule has 4 rings (SSSR count). The Bertz CT molecular complexity index is 1010. The lowest BCUT2D eigenvalue weighted by Gasteiger charge is -2.30. The zero-order chi connectivity index (χ0) is 20.4. The molecular weight excluding hydrogens is 368 g/mol. The molecule has 1 aromatic carbocycles. The monoisotopic (exact) mass is 394 g/mol. The molecule has 1 fully saturated rings. The van der Waals surface area contributed by atoms with Crippen LogP contribution >= 0.6 is 0 Å². The third-order valence-electron chi connectivity index (χ3n) is 5.38. The minimum atomic E-state index is -0.211. The lowest BCUT2D eigenvalue weighted by atomic mass is 10.1. The van der Waals surface area contributed by atoms with Crippen LogP contribution in [-0.4, -0.2) is 45.2 Å². The van der Waals surface area contributed by atoms with Crippen LogP contribution in [0.5, 0.6) is 0 Å². The number of benzene rings is 1. The Balaban J connectivity index is 1.53. The average Bonchev–Trinajstić information content (AvgIpc) is 3.14. The van der Waals surface area contributed by atoms with Gasteiger partial charge in [0.05, 0.1) is 22.7 Å². The number of nitrogens with one attached hydrogen (secondary N) is 1. The molecule has 0 atom stereocenters. The van der Waals surface area contributed by atoms with E-state index in [1.807, 2.05) is 38.1 Å². The summed E-state index contributed by atoms with van der Waals surface area (Å²) in [5, 5.41) is 17.6. The van der Waals surface area contributed by atoms with Crippen LogP contribution < -0.4 is 5.32 Å². The molecule has 2 N–H and O–H groups in total. The van der Waals surface area contributed by atoms with Crippen LogP contribution in [0, 0.1) is 0 Å². The van der Waals surface area contributed by atoms with Crippen molar-refractivity contribution >= 4 is 22.7 Å². The third-order valence-corrected chi connectivity index (χ3v) is 5.38. The number of fused-ring (bicyclic) bond motifs is 1. The summed E-state index contributed by atoms with van der Waals surface area (Å²) in [5.41, 5.74) is 3.56. The predicted molar refractivity (Wildman–Crippen MR) is 111 cm³/mol. The number of anilines is 1. The summed E-state index contributed by atoms with van der Waals surface area (Å²) < 4.78 is 5.26. The largest absolute Gasteiger partial charge is 0.393 e. The second-order valence-electron chi connectivity index (χ2n) is 7.92. The van der Waals surface area contributed by atoms with Gasteiger partial charge >= 0.3 is 0 Å². The zero-order valence-corrected chi connectivity index (χ0v) is 16.8. The summed E-state index contributed by atoms with van der Waals surface area (Å²) in [6.07, 6.45) is 2.90. The molecule has 2 aromatic heterocycles. The molecule has 7 heteroatoms. The van der Waals surface area contributed by atoms with Crippen LogP contribution in [-0.2, 0) is 6.54 Å². The van der Waals surface area contributed by atoms with E-state index in [1.54, 1.807) is 6.07 Å². The topological polar surface area (TPSA) is 91.5 Å². The van der Waals surface area contributed by atoms with Gasteiger partial charge in [0.2, 0.25) is 0 Å². The molecule has 0 saturated carbocycles. The van der Waals surface area contributed by atoms with Gasteiger partial charge in [-0.05, 0) is 36.5 Å². The van der Waals surface area contributed by atoms with Crippen molar-refractivity contribution in [3.63, 3.8) is 0 Å². The van der Waals surface area contributed by atoms with E-state index >= 15 is 0 Å². The molecule has 152 valence electrons. The molecule has 0 radical (unpaired) electrons. The first kappa shape index (κ1) is 19.5. The number of nitrogens with zero attached hydrogens (tertiary/aromatic N) is 3. The Kier molecular flexibility index (Phi) is 5.60. The van der Waals surface area contributed by atoms with Gasteiger partial charge in [-0.15, -0.1) is 0 Å². The van der Waals surface area contributed by atoms with Crippen molar-refractivity contribution in [3.8, 4) is 0 Å². The van der Waals surface area contributed by atoms with Gasteiger partial charge in [-0.2, -0.15) is 0 Å². The maximum Gasteiger partial charge on any atom is 0.257 e. The molecule has 0 bridgehead atoms. The number of hydrogen-bond acceptors (Lipinski definition) is 6. The predicted octanol–water partition coefficient (Wildman–Crippen LogP) is 3.56. The van der Waals surface area contributed by atoms with Crippen LogP contribution in [0.2, 0.25) is 0 Å². The van der Waals surface area contributed by atoms with Gasteiger partial charge in [0.25, 0.3) is 11.6 Å². The summed E-state index contributed by atoms with van der Waals surface area (Å²) >= 11 is 0. The van der Waals surface area contributed by atoms with Crippen molar-refractivity contribution in [3.05, 3.63) is 53.3 Å². The Morgan fingerprint density at radius 3 is 2.83 bits per heavy atom. The standard InChI is InChI=1S/C22H26N4O3/c1-14(2)20-18-11-16(12-23-22(18)29-25-20)21(28)24-19-6-4-3-5-15(19)13-26-9-7-17(27)8-10-26/h3-6,11-12,14,17,27H,7-10,13H2,1-2H3,(H,24,28). The van der Waals surface area contributed by atoms with Gasteiger partial charge in [0.15, 0.2) is 0 Å². The van der Waals surface area contributed by atoms with Crippen LogP contribution in [0.15, 0.2) is 41.1 Å². The van der Waals surface area contributed by atoms with E-state index in [-0.39, 0.29) is 17.9 Å². The Morgan fingerprint density at radius 1 is 1.31 bits per heavy atom. The normalized spacial score (nSPS) is 15.9. The summed E-state index contributed by atoms with van der Waals surface area (Å²) in [4.78, 5) is 19.5. The number of aromatic nitrogens is 2. The van der Waals surface area contributed by atoms with E-state index in [1.165, 1.54) is 6.20 Å². The van der Waals surface area contributed by atoms with Crippen molar-refractivity contribution in [1.29, 1.82) is 0 Å². The number of para-hydroxylation sites is 1. The molecule has 1 aliphatic rings. The second-order valence-corrected chi connectivity index (χ2v) is 7.92. The van der Waals surface area contributed by atoms with Crippen LogP contribution in [0.4, 0.5) is 5.69 Å². The van der Waals surface area contributed by atoms with Crippen molar-refractivity contribution < 1.29 is 14.4 Å². The number of aliphatic hydroxyl groups is 1. The average molecular weight is 394 g/mol. The van der Waals surface area contributed by atoms with E-state index < -0.39 is 0 Å². The quantitative estimate of drug-likeness (QED) is 0.688. The number of rotatable bonds is 5. The summed E-state index contributed by atoms with van der Waals surface area (Å²) in [6.45, 7) is 6.51. The Hall–Kier alpha value is -2.77. The molecular formula is C22H26N4O3.